The van der Waals surface area contributed by atoms with Crippen molar-refractivity contribution in [1.82, 2.24) is 4.90 Å². The Balaban J connectivity index is 1.90. The van der Waals surface area contributed by atoms with Crippen molar-refractivity contribution in [2.24, 2.45) is 0 Å². The van der Waals surface area contributed by atoms with Gasteiger partial charge in [-0.2, -0.15) is 0 Å². The summed E-state index contributed by atoms with van der Waals surface area (Å²) in [6.07, 6.45) is 4.98. The van der Waals surface area contributed by atoms with Crippen molar-refractivity contribution in [3.63, 3.8) is 0 Å². The second-order valence-corrected chi connectivity index (χ2v) is 6.24. The van der Waals surface area contributed by atoms with Crippen LogP contribution < -0.4 is 5.32 Å². The van der Waals surface area contributed by atoms with Crippen LogP contribution in [0.1, 0.15) is 45.1 Å². The highest BCUT2D eigenvalue weighted by molar-refractivity contribution is 6.31. The molecular weight excluding hydrogens is 268 g/mol. The highest BCUT2D eigenvalue weighted by atomic mass is 35.5. The Morgan fingerprint density at radius 1 is 1.25 bits per heavy atom. The molecule has 1 aromatic carbocycles. The van der Waals surface area contributed by atoms with E-state index in [0.29, 0.717) is 6.04 Å². The maximum absolute atomic E-state index is 6.19. The largest absolute Gasteiger partial charge is 0.382 e. The first-order chi connectivity index (χ1) is 9.65. The number of likely N-dealkylation sites (tertiary alicyclic amines) is 1. The van der Waals surface area contributed by atoms with Crippen LogP contribution >= 0.6 is 11.6 Å². The fraction of sp³-hybridized carbons (Fsp3) is 0.647. The first-order valence-electron chi connectivity index (χ1n) is 7.91. The Kier molecular flexibility index (Phi) is 5.74. The third kappa shape index (κ3) is 3.67. The Labute approximate surface area is 128 Å². The maximum atomic E-state index is 6.19. The van der Waals surface area contributed by atoms with Crippen LogP contribution in [0.25, 0.3) is 0 Å². The number of benzene rings is 1. The fourth-order valence-corrected chi connectivity index (χ4v) is 3.37. The minimum absolute atomic E-state index is 0.581. The van der Waals surface area contributed by atoms with Crippen LogP contribution in [0.3, 0.4) is 0 Å². The van der Waals surface area contributed by atoms with Crippen molar-refractivity contribution in [1.29, 1.82) is 0 Å². The molecule has 0 unspecified atom stereocenters. The molecule has 0 aromatic heterocycles. The van der Waals surface area contributed by atoms with E-state index < -0.39 is 0 Å². The van der Waals surface area contributed by atoms with Gasteiger partial charge in [0.1, 0.15) is 0 Å². The van der Waals surface area contributed by atoms with E-state index in [0.717, 1.165) is 16.6 Å². The monoisotopic (exact) mass is 294 g/mol. The molecule has 1 fully saturated rings. The van der Waals surface area contributed by atoms with E-state index in [9.17, 15) is 0 Å². The SMILES string of the molecule is CCC(CC)N1CCC(Nc2cccc(Cl)c2C)CC1. The smallest absolute Gasteiger partial charge is 0.0455 e. The van der Waals surface area contributed by atoms with Crippen molar-refractivity contribution in [3.8, 4) is 0 Å². The number of rotatable bonds is 5. The zero-order valence-corrected chi connectivity index (χ0v) is 13.7. The molecule has 3 heteroatoms. The molecule has 0 bridgehead atoms. The van der Waals surface area contributed by atoms with Gasteiger partial charge in [-0.3, -0.25) is 0 Å². The van der Waals surface area contributed by atoms with E-state index in [1.54, 1.807) is 0 Å². The molecule has 0 atom stereocenters. The standard InChI is InChI=1S/C17H27ClN2/c1-4-15(5-2)20-11-9-14(10-12-20)19-17-8-6-7-16(18)13(17)3/h6-8,14-15,19H,4-5,9-12H2,1-3H3. The molecule has 112 valence electrons. The van der Waals surface area contributed by atoms with Crippen LogP contribution in [0.4, 0.5) is 5.69 Å². The molecule has 1 saturated heterocycles. The van der Waals surface area contributed by atoms with Crippen molar-refractivity contribution < 1.29 is 0 Å². The topological polar surface area (TPSA) is 15.3 Å². The highest BCUT2D eigenvalue weighted by Gasteiger charge is 2.23. The number of hydrogen-bond donors (Lipinski definition) is 1. The molecule has 2 rings (SSSR count). The van der Waals surface area contributed by atoms with E-state index in [-0.39, 0.29) is 0 Å². The number of halogens is 1. The van der Waals surface area contributed by atoms with Crippen LogP contribution in [-0.2, 0) is 0 Å². The van der Waals surface area contributed by atoms with Crippen molar-refractivity contribution in [2.45, 2.75) is 58.5 Å². The highest BCUT2D eigenvalue weighted by Crippen LogP contribution is 2.26. The minimum Gasteiger partial charge on any atom is -0.382 e. The molecule has 1 N–H and O–H groups in total. The normalized spacial score (nSPS) is 17.6. The zero-order valence-electron chi connectivity index (χ0n) is 13.0. The van der Waals surface area contributed by atoms with Crippen molar-refractivity contribution in [2.75, 3.05) is 18.4 Å². The predicted molar refractivity (Wildman–Crippen MR) is 88.8 cm³/mol. The molecule has 1 aliphatic heterocycles. The summed E-state index contributed by atoms with van der Waals surface area (Å²) in [5.74, 6) is 0. The van der Waals surface area contributed by atoms with Gasteiger partial charge in [0.25, 0.3) is 0 Å². The van der Waals surface area contributed by atoms with Gasteiger partial charge < -0.3 is 10.2 Å². The molecule has 0 aliphatic carbocycles. The van der Waals surface area contributed by atoms with Crippen LogP contribution in [0.2, 0.25) is 5.02 Å². The average Bonchev–Trinajstić information content (AvgIpc) is 2.47. The molecule has 0 spiro atoms. The Morgan fingerprint density at radius 3 is 2.50 bits per heavy atom. The predicted octanol–water partition coefficient (Wildman–Crippen LogP) is 4.71. The number of nitrogens with zero attached hydrogens (tertiary/aromatic N) is 1. The van der Waals surface area contributed by atoms with Gasteiger partial charge in [-0.05, 0) is 50.3 Å². The summed E-state index contributed by atoms with van der Waals surface area (Å²) in [7, 11) is 0. The molecule has 0 amide bonds. The first-order valence-corrected chi connectivity index (χ1v) is 8.29. The molecule has 1 heterocycles. The summed E-state index contributed by atoms with van der Waals surface area (Å²) in [4.78, 5) is 2.66. The molecule has 0 radical (unpaired) electrons. The summed E-state index contributed by atoms with van der Waals surface area (Å²) >= 11 is 6.19. The van der Waals surface area contributed by atoms with E-state index in [1.807, 2.05) is 12.1 Å². The van der Waals surface area contributed by atoms with E-state index in [2.05, 4.69) is 37.1 Å². The third-order valence-corrected chi connectivity index (χ3v) is 5.03. The van der Waals surface area contributed by atoms with E-state index >= 15 is 0 Å². The molecule has 1 aromatic rings. The van der Waals surface area contributed by atoms with Gasteiger partial charge in [0.05, 0.1) is 0 Å². The van der Waals surface area contributed by atoms with Gasteiger partial charge in [0.15, 0.2) is 0 Å². The van der Waals surface area contributed by atoms with Gasteiger partial charge in [-0.1, -0.05) is 31.5 Å². The number of anilines is 1. The second kappa shape index (κ2) is 7.33. The second-order valence-electron chi connectivity index (χ2n) is 5.84. The lowest BCUT2D eigenvalue weighted by Gasteiger charge is -2.37. The van der Waals surface area contributed by atoms with Crippen LogP contribution in [0.15, 0.2) is 18.2 Å². The summed E-state index contributed by atoms with van der Waals surface area (Å²) in [6, 6.07) is 7.46. The van der Waals surface area contributed by atoms with Crippen LogP contribution in [0, 0.1) is 6.92 Å². The summed E-state index contributed by atoms with van der Waals surface area (Å²) in [5.41, 5.74) is 2.36. The molecule has 0 saturated carbocycles. The minimum atomic E-state index is 0.581. The Morgan fingerprint density at radius 2 is 1.90 bits per heavy atom. The maximum Gasteiger partial charge on any atom is 0.0455 e. The third-order valence-electron chi connectivity index (χ3n) is 4.62. The lowest BCUT2D eigenvalue weighted by atomic mass is 10.0. The summed E-state index contributed by atoms with van der Waals surface area (Å²) < 4.78 is 0. The van der Waals surface area contributed by atoms with E-state index in [4.69, 9.17) is 11.6 Å². The van der Waals surface area contributed by atoms with Crippen molar-refractivity contribution in [3.05, 3.63) is 28.8 Å². The molecule has 1 aliphatic rings. The molecular formula is C17H27ClN2. The molecule has 2 nitrogen and oxygen atoms in total. The van der Waals surface area contributed by atoms with Crippen molar-refractivity contribution >= 4 is 17.3 Å². The van der Waals surface area contributed by atoms with Gasteiger partial charge in [-0.15, -0.1) is 0 Å². The Bertz CT molecular complexity index is 421. The summed E-state index contributed by atoms with van der Waals surface area (Å²) in [6.45, 7) is 9.11. The first kappa shape index (κ1) is 15.7. The van der Waals surface area contributed by atoms with Gasteiger partial charge in [-0.25, -0.2) is 0 Å². The average molecular weight is 295 g/mol. The molecule has 20 heavy (non-hydrogen) atoms. The van der Waals surface area contributed by atoms with Crippen LogP contribution in [-0.4, -0.2) is 30.1 Å². The van der Waals surface area contributed by atoms with Crippen LogP contribution in [0.5, 0.6) is 0 Å². The Hall–Kier alpha value is -0.730. The number of piperidine rings is 1. The van der Waals surface area contributed by atoms with Gasteiger partial charge in [0, 0.05) is 35.9 Å². The number of hydrogen-bond acceptors (Lipinski definition) is 2. The number of nitrogens with one attached hydrogen (secondary N) is 1. The van der Waals surface area contributed by atoms with Gasteiger partial charge >= 0.3 is 0 Å². The fourth-order valence-electron chi connectivity index (χ4n) is 3.20. The zero-order chi connectivity index (χ0) is 14.5. The van der Waals surface area contributed by atoms with E-state index in [1.165, 1.54) is 44.5 Å². The summed E-state index contributed by atoms with van der Waals surface area (Å²) in [5, 5.41) is 4.53. The lowest BCUT2D eigenvalue weighted by molar-refractivity contribution is 0.149. The van der Waals surface area contributed by atoms with Gasteiger partial charge in [0.2, 0.25) is 0 Å². The quantitative estimate of drug-likeness (QED) is 0.846. The lowest BCUT2D eigenvalue weighted by Crippen LogP contribution is -2.44.